The summed E-state index contributed by atoms with van der Waals surface area (Å²) in [6, 6.07) is 8.66. The molecule has 0 spiro atoms. The van der Waals surface area contributed by atoms with Crippen LogP contribution in [0.2, 0.25) is 0 Å². The number of anilines is 2. The van der Waals surface area contributed by atoms with E-state index in [1.807, 2.05) is 0 Å². The third kappa shape index (κ3) is 2.20. The van der Waals surface area contributed by atoms with Gasteiger partial charge in [-0.15, -0.1) is 0 Å². The number of nitrogens with one attached hydrogen (secondary N) is 1. The molecule has 0 radical (unpaired) electrons. The van der Waals surface area contributed by atoms with Crippen LogP contribution < -0.4 is 22.3 Å². The third-order valence-corrected chi connectivity index (χ3v) is 2.97. The Morgan fingerprint density at radius 2 is 1.70 bits per heavy atom. The number of carbonyl (C=O) groups excluding carboxylic acids is 1. The molecule has 0 aliphatic carbocycles. The van der Waals surface area contributed by atoms with Gasteiger partial charge in [-0.25, -0.2) is 4.79 Å². The van der Waals surface area contributed by atoms with Crippen LogP contribution in [-0.4, -0.2) is 15.0 Å². The molecule has 7 heteroatoms. The summed E-state index contributed by atoms with van der Waals surface area (Å²) in [5.74, 6) is -0.809. The lowest BCUT2D eigenvalue weighted by Gasteiger charge is -2.11. The molecule has 0 fully saturated rings. The highest BCUT2D eigenvalue weighted by Crippen LogP contribution is 2.09. The fourth-order valence-electron chi connectivity index (χ4n) is 1.79. The maximum atomic E-state index is 12.2. The van der Waals surface area contributed by atoms with Crippen molar-refractivity contribution in [1.82, 2.24) is 9.13 Å². The van der Waals surface area contributed by atoms with Crippen LogP contribution in [0.1, 0.15) is 10.4 Å². The van der Waals surface area contributed by atoms with Gasteiger partial charge in [-0.3, -0.25) is 18.7 Å². The molecular formula is C13H14N4O3. The normalized spacial score (nSPS) is 10.3. The first-order chi connectivity index (χ1) is 9.43. The van der Waals surface area contributed by atoms with Gasteiger partial charge in [0.1, 0.15) is 11.4 Å². The van der Waals surface area contributed by atoms with Crippen LogP contribution in [0.3, 0.4) is 0 Å². The number of aromatic nitrogens is 2. The van der Waals surface area contributed by atoms with E-state index in [9.17, 15) is 14.4 Å². The molecule has 1 heterocycles. The zero-order valence-electron chi connectivity index (χ0n) is 11.1. The number of nitrogens with two attached hydrogens (primary N) is 1. The van der Waals surface area contributed by atoms with Crippen LogP contribution in [0, 0.1) is 0 Å². The Kier molecular flexibility index (Phi) is 3.43. The topological polar surface area (TPSA) is 99.1 Å². The minimum Gasteiger partial charge on any atom is -0.384 e. The second-order valence-electron chi connectivity index (χ2n) is 4.29. The monoisotopic (exact) mass is 274 g/mol. The number of amides is 1. The summed E-state index contributed by atoms with van der Waals surface area (Å²) >= 11 is 0. The van der Waals surface area contributed by atoms with E-state index in [-0.39, 0.29) is 11.4 Å². The molecule has 0 bridgehead atoms. The maximum Gasteiger partial charge on any atom is 0.332 e. The van der Waals surface area contributed by atoms with E-state index in [4.69, 9.17) is 5.73 Å². The summed E-state index contributed by atoms with van der Waals surface area (Å²) < 4.78 is 1.90. The number of carbonyl (C=O) groups is 1. The Morgan fingerprint density at radius 1 is 1.10 bits per heavy atom. The molecule has 104 valence electrons. The molecule has 0 saturated heterocycles. The predicted molar refractivity (Wildman–Crippen MR) is 75.7 cm³/mol. The standard InChI is InChI=1S/C13H14N4O3/c1-16-10(14)9(12(19)17(2)13(16)20)11(18)15-8-6-4-3-5-7-8/h3-7H,14H2,1-2H3,(H,15,18). The van der Waals surface area contributed by atoms with Crippen molar-refractivity contribution in [2.24, 2.45) is 14.1 Å². The number of benzene rings is 1. The minimum absolute atomic E-state index is 0.161. The van der Waals surface area contributed by atoms with Gasteiger partial charge in [-0.05, 0) is 12.1 Å². The molecule has 1 amide bonds. The van der Waals surface area contributed by atoms with Crippen molar-refractivity contribution in [3.8, 4) is 0 Å². The first kappa shape index (κ1) is 13.6. The largest absolute Gasteiger partial charge is 0.384 e. The van der Waals surface area contributed by atoms with E-state index in [1.165, 1.54) is 14.1 Å². The van der Waals surface area contributed by atoms with Crippen molar-refractivity contribution in [2.75, 3.05) is 11.1 Å². The Morgan fingerprint density at radius 3 is 2.30 bits per heavy atom. The Hall–Kier alpha value is -2.83. The van der Waals surface area contributed by atoms with Crippen molar-refractivity contribution in [2.45, 2.75) is 0 Å². The van der Waals surface area contributed by atoms with E-state index in [0.29, 0.717) is 5.69 Å². The van der Waals surface area contributed by atoms with Gasteiger partial charge < -0.3 is 11.1 Å². The molecule has 0 aliphatic rings. The van der Waals surface area contributed by atoms with Gasteiger partial charge in [0.25, 0.3) is 11.5 Å². The summed E-state index contributed by atoms with van der Waals surface area (Å²) in [5, 5.41) is 2.57. The molecule has 0 saturated carbocycles. The lowest BCUT2D eigenvalue weighted by Crippen LogP contribution is -2.42. The van der Waals surface area contributed by atoms with Crippen LogP contribution in [0.15, 0.2) is 39.9 Å². The van der Waals surface area contributed by atoms with E-state index < -0.39 is 17.2 Å². The van der Waals surface area contributed by atoms with Crippen LogP contribution in [-0.2, 0) is 14.1 Å². The Balaban J connectivity index is 2.51. The number of hydrogen-bond donors (Lipinski definition) is 2. The van der Waals surface area contributed by atoms with Gasteiger partial charge in [0.15, 0.2) is 0 Å². The fourth-order valence-corrected chi connectivity index (χ4v) is 1.79. The van der Waals surface area contributed by atoms with Crippen molar-refractivity contribution in [3.05, 3.63) is 56.7 Å². The average molecular weight is 274 g/mol. The van der Waals surface area contributed by atoms with E-state index in [1.54, 1.807) is 30.3 Å². The molecular weight excluding hydrogens is 260 g/mol. The fraction of sp³-hybridized carbons (Fsp3) is 0.154. The van der Waals surface area contributed by atoms with Crippen molar-refractivity contribution in [3.63, 3.8) is 0 Å². The summed E-state index contributed by atoms with van der Waals surface area (Å²) in [6.45, 7) is 0. The minimum atomic E-state index is -0.723. The van der Waals surface area contributed by atoms with Gasteiger partial charge >= 0.3 is 5.69 Å². The maximum absolute atomic E-state index is 12.2. The van der Waals surface area contributed by atoms with Gasteiger partial charge in [0.05, 0.1) is 0 Å². The molecule has 2 aromatic rings. The van der Waals surface area contributed by atoms with E-state index in [0.717, 1.165) is 9.13 Å². The zero-order valence-corrected chi connectivity index (χ0v) is 11.1. The second kappa shape index (κ2) is 5.04. The average Bonchev–Trinajstić information content (AvgIpc) is 2.44. The highest BCUT2D eigenvalue weighted by molar-refractivity contribution is 6.06. The molecule has 7 nitrogen and oxygen atoms in total. The number of para-hydroxylation sites is 1. The van der Waals surface area contributed by atoms with Crippen molar-refractivity contribution < 1.29 is 4.79 Å². The molecule has 1 aromatic heterocycles. The molecule has 0 unspecified atom stereocenters. The quantitative estimate of drug-likeness (QED) is 0.800. The van der Waals surface area contributed by atoms with Crippen LogP contribution in [0.4, 0.5) is 11.5 Å². The molecule has 3 N–H and O–H groups in total. The van der Waals surface area contributed by atoms with Gasteiger partial charge in [-0.1, -0.05) is 18.2 Å². The first-order valence-electron chi connectivity index (χ1n) is 5.85. The summed E-state index contributed by atoms with van der Waals surface area (Å²) in [5.41, 5.74) is 4.68. The molecule has 2 rings (SSSR count). The van der Waals surface area contributed by atoms with Crippen LogP contribution in [0.25, 0.3) is 0 Å². The summed E-state index contributed by atoms with van der Waals surface area (Å²) in [6.07, 6.45) is 0. The number of nitrogen functional groups attached to an aromatic ring is 1. The number of nitrogens with zero attached hydrogens (tertiary/aromatic N) is 2. The SMILES string of the molecule is Cn1c(N)c(C(=O)Nc2ccccc2)c(=O)n(C)c1=O. The summed E-state index contributed by atoms with van der Waals surface area (Å²) in [4.78, 5) is 35.8. The smallest absolute Gasteiger partial charge is 0.332 e. The Labute approximate surface area is 114 Å². The van der Waals surface area contributed by atoms with Crippen LogP contribution >= 0.6 is 0 Å². The lowest BCUT2D eigenvalue weighted by atomic mass is 10.2. The second-order valence-corrected chi connectivity index (χ2v) is 4.29. The first-order valence-corrected chi connectivity index (χ1v) is 5.85. The number of rotatable bonds is 2. The number of hydrogen-bond acceptors (Lipinski definition) is 4. The lowest BCUT2D eigenvalue weighted by molar-refractivity contribution is 0.102. The predicted octanol–water partition coefficient (Wildman–Crippen LogP) is -0.0815. The summed E-state index contributed by atoms with van der Waals surface area (Å²) in [7, 11) is 2.69. The zero-order chi connectivity index (χ0) is 14.9. The molecule has 20 heavy (non-hydrogen) atoms. The molecule has 1 aromatic carbocycles. The van der Waals surface area contributed by atoms with Gasteiger partial charge in [0, 0.05) is 19.8 Å². The third-order valence-electron chi connectivity index (χ3n) is 2.97. The van der Waals surface area contributed by atoms with E-state index in [2.05, 4.69) is 5.32 Å². The van der Waals surface area contributed by atoms with E-state index >= 15 is 0 Å². The van der Waals surface area contributed by atoms with Crippen molar-refractivity contribution >= 4 is 17.4 Å². The molecule has 0 aliphatic heterocycles. The van der Waals surface area contributed by atoms with Gasteiger partial charge in [-0.2, -0.15) is 0 Å². The Bertz CT molecular complexity index is 775. The van der Waals surface area contributed by atoms with Gasteiger partial charge in [0.2, 0.25) is 0 Å². The highest BCUT2D eigenvalue weighted by Gasteiger charge is 2.20. The highest BCUT2D eigenvalue weighted by atomic mass is 16.2. The van der Waals surface area contributed by atoms with Crippen molar-refractivity contribution in [1.29, 1.82) is 0 Å². The molecule has 0 atom stereocenters. The van der Waals surface area contributed by atoms with Crippen LogP contribution in [0.5, 0.6) is 0 Å².